The third-order valence-corrected chi connectivity index (χ3v) is 3.21. The molecule has 1 nitrogen and oxygen atoms in total. The van der Waals surface area contributed by atoms with Gasteiger partial charge in [-0.05, 0) is 6.92 Å². The van der Waals surface area contributed by atoms with Crippen molar-refractivity contribution in [1.29, 1.82) is 0 Å². The summed E-state index contributed by atoms with van der Waals surface area (Å²) in [6.45, 7) is 2.09. The smallest absolute Gasteiger partial charge is 0.119 e. The van der Waals surface area contributed by atoms with E-state index in [2.05, 4.69) is 29.5 Å². The summed E-state index contributed by atoms with van der Waals surface area (Å²) in [7, 11) is 0. The Bertz CT molecular complexity index is 60.7. The minimum absolute atomic E-state index is 0.432. The molecule has 7 heavy (non-hydrogen) atoms. The molecule has 0 N–H and O–H groups in total. The van der Waals surface area contributed by atoms with Crippen molar-refractivity contribution >= 4 is 34.4 Å². The molecule has 1 rings (SSSR count). The monoisotopic (exact) mass is 230 g/mol. The molecular weight excluding hydrogens is 223 g/mol. The zero-order valence-electron chi connectivity index (χ0n) is 4.06. The Morgan fingerprint density at radius 2 is 2.57 bits per heavy atom. The van der Waals surface area contributed by atoms with Gasteiger partial charge < -0.3 is 4.74 Å². The van der Waals surface area contributed by atoms with Gasteiger partial charge in [-0.25, -0.2) is 0 Å². The molecule has 0 saturated carbocycles. The summed E-state index contributed by atoms with van der Waals surface area (Å²) in [6.07, 6.45) is 0. The van der Waals surface area contributed by atoms with Crippen LogP contribution in [0.4, 0.5) is 0 Å². The van der Waals surface area contributed by atoms with Crippen LogP contribution in [0.1, 0.15) is 6.92 Å². The van der Waals surface area contributed by atoms with E-state index in [0.717, 1.165) is 5.75 Å². The molecule has 0 spiro atoms. The molecular formula is C4H7IOS. The van der Waals surface area contributed by atoms with E-state index in [1.165, 1.54) is 0 Å². The van der Waals surface area contributed by atoms with Gasteiger partial charge >= 0.3 is 0 Å². The van der Waals surface area contributed by atoms with Crippen molar-refractivity contribution in [3.8, 4) is 0 Å². The summed E-state index contributed by atoms with van der Waals surface area (Å²) in [6, 6.07) is 0. The Labute approximate surface area is 61.3 Å². The normalized spacial score (nSPS) is 42.0. The number of alkyl halides is 1. The van der Waals surface area contributed by atoms with Crippen molar-refractivity contribution in [3.63, 3.8) is 0 Å². The zero-order valence-corrected chi connectivity index (χ0v) is 7.03. The molecule has 0 aliphatic carbocycles. The van der Waals surface area contributed by atoms with E-state index < -0.39 is 0 Å². The molecule has 42 valence electrons. The molecule has 0 aromatic carbocycles. The van der Waals surface area contributed by atoms with Gasteiger partial charge in [-0.2, -0.15) is 0 Å². The lowest BCUT2D eigenvalue weighted by Crippen LogP contribution is -1.99. The maximum absolute atomic E-state index is 5.31. The highest BCUT2D eigenvalue weighted by atomic mass is 127. The van der Waals surface area contributed by atoms with Crippen LogP contribution in [-0.2, 0) is 4.74 Å². The largest absolute Gasteiger partial charge is 0.353 e. The minimum atomic E-state index is 0.432. The summed E-state index contributed by atoms with van der Waals surface area (Å²) in [5.41, 5.74) is 0.432. The predicted octanol–water partition coefficient (Wildman–Crippen LogP) is 1.86. The maximum atomic E-state index is 5.31. The van der Waals surface area contributed by atoms with Crippen LogP contribution in [0.5, 0.6) is 0 Å². The van der Waals surface area contributed by atoms with Gasteiger partial charge in [-0.15, -0.1) is 11.8 Å². The lowest BCUT2D eigenvalue weighted by atomic mass is 10.8. The highest BCUT2D eigenvalue weighted by molar-refractivity contribution is 14.1. The average molecular weight is 230 g/mol. The Balaban J connectivity index is 2.26. The van der Waals surface area contributed by atoms with Crippen LogP contribution >= 0.6 is 34.4 Å². The topological polar surface area (TPSA) is 9.23 Å². The van der Waals surface area contributed by atoms with E-state index in [1.54, 1.807) is 0 Å². The molecule has 0 radical (unpaired) electrons. The summed E-state index contributed by atoms with van der Waals surface area (Å²) in [4.78, 5) is 0. The molecule has 3 heteroatoms. The van der Waals surface area contributed by atoms with Crippen molar-refractivity contribution in [2.75, 3.05) is 5.75 Å². The second-order valence-electron chi connectivity index (χ2n) is 1.45. The van der Waals surface area contributed by atoms with Gasteiger partial charge in [0, 0.05) is 5.75 Å². The molecule has 1 aliphatic rings. The standard InChI is InChI=1S/C4H7IOS/c1-3-6-4(5)2-7-3/h3-4H,2H2,1H3/t3-,4-/m0/s1. The lowest BCUT2D eigenvalue weighted by Gasteiger charge is -1.98. The highest BCUT2D eigenvalue weighted by Crippen LogP contribution is 2.27. The van der Waals surface area contributed by atoms with Crippen LogP contribution in [0.25, 0.3) is 0 Å². The number of hydrogen-bond acceptors (Lipinski definition) is 2. The van der Waals surface area contributed by atoms with E-state index >= 15 is 0 Å². The SMILES string of the molecule is C[C@H]1O[C@H](I)CS1. The summed E-state index contributed by atoms with van der Waals surface area (Å²) in [5, 5.41) is 0. The first-order chi connectivity index (χ1) is 3.29. The van der Waals surface area contributed by atoms with E-state index in [9.17, 15) is 0 Å². The van der Waals surface area contributed by atoms with E-state index in [-0.39, 0.29) is 0 Å². The summed E-state index contributed by atoms with van der Waals surface area (Å²) >= 11 is 4.18. The molecule has 0 amide bonds. The van der Waals surface area contributed by atoms with Gasteiger partial charge in [0.25, 0.3) is 0 Å². The number of ether oxygens (including phenoxy) is 1. The van der Waals surface area contributed by atoms with Crippen molar-refractivity contribution < 1.29 is 4.74 Å². The van der Waals surface area contributed by atoms with Gasteiger partial charge in [-0.1, -0.05) is 22.6 Å². The zero-order chi connectivity index (χ0) is 5.28. The van der Waals surface area contributed by atoms with Crippen LogP contribution in [-0.4, -0.2) is 15.3 Å². The van der Waals surface area contributed by atoms with Crippen LogP contribution in [0.15, 0.2) is 0 Å². The first kappa shape index (κ1) is 6.16. The van der Waals surface area contributed by atoms with Crippen LogP contribution < -0.4 is 0 Å². The van der Waals surface area contributed by atoms with Gasteiger partial charge in [0.1, 0.15) is 9.55 Å². The molecule has 0 aromatic heterocycles. The maximum Gasteiger partial charge on any atom is 0.119 e. The second kappa shape index (κ2) is 2.55. The van der Waals surface area contributed by atoms with E-state index in [4.69, 9.17) is 4.74 Å². The minimum Gasteiger partial charge on any atom is -0.353 e. The number of hydrogen-bond donors (Lipinski definition) is 0. The van der Waals surface area contributed by atoms with E-state index in [1.807, 2.05) is 11.8 Å². The molecule has 1 aliphatic heterocycles. The molecule has 2 atom stereocenters. The first-order valence-corrected chi connectivity index (χ1v) is 4.49. The van der Waals surface area contributed by atoms with Crippen molar-refractivity contribution in [2.45, 2.75) is 16.5 Å². The van der Waals surface area contributed by atoms with Gasteiger partial charge in [-0.3, -0.25) is 0 Å². The van der Waals surface area contributed by atoms with Crippen LogP contribution in [0, 0.1) is 0 Å². The Morgan fingerprint density at radius 3 is 2.71 bits per heavy atom. The Morgan fingerprint density at radius 1 is 1.86 bits per heavy atom. The summed E-state index contributed by atoms with van der Waals surface area (Å²) < 4.78 is 5.77. The fourth-order valence-electron chi connectivity index (χ4n) is 0.498. The summed E-state index contributed by atoms with van der Waals surface area (Å²) in [5.74, 6) is 1.15. The van der Waals surface area contributed by atoms with Crippen LogP contribution in [0.3, 0.4) is 0 Å². The molecule has 0 aromatic rings. The molecule has 0 bridgehead atoms. The second-order valence-corrected chi connectivity index (χ2v) is 4.17. The van der Waals surface area contributed by atoms with Gasteiger partial charge in [0.05, 0.1) is 0 Å². The van der Waals surface area contributed by atoms with Crippen LogP contribution in [0.2, 0.25) is 0 Å². The van der Waals surface area contributed by atoms with E-state index in [0.29, 0.717) is 9.55 Å². The highest BCUT2D eigenvalue weighted by Gasteiger charge is 2.18. The molecule has 1 heterocycles. The number of halogens is 1. The first-order valence-electron chi connectivity index (χ1n) is 2.20. The fraction of sp³-hybridized carbons (Fsp3) is 1.00. The Hall–Kier alpha value is 1.04. The third kappa shape index (κ3) is 1.77. The predicted molar refractivity (Wildman–Crippen MR) is 40.8 cm³/mol. The fourth-order valence-corrected chi connectivity index (χ4v) is 2.47. The molecule has 1 fully saturated rings. The lowest BCUT2D eigenvalue weighted by molar-refractivity contribution is 0.143. The van der Waals surface area contributed by atoms with Crippen molar-refractivity contribution in [2.24, 2.45) is 0 Å². The van der Waals surface area contributed by atoms with Crippen molar-refractivity contribution in [1.82, 2.24) is 0 Å². The van der Waals surface area contributed by atoms with Crippen molar-refractivity contribution in [3.05, 3.63) is 0 Å². The Kier molecular flexibility index (Phi) is 2.24. The third-order valence-electron chi connectivity index (χ3n) is 0.801. The molecule has 1 saturated heterocycles. The van der Waals surface area contributed by atoms with Gasteiger partial charge in [0.15, 0.2) is 0 Å². The number of rotatable bonds is 0. The quantitative estimate of drug-likeness (QED) is 0.464. The van der Waals surface area contributed by atoms with Gasteiger partial charge in [0.2, 0.25) is 0 Å². The number of thioether (sulfide) groups is 1. The average Bonchev–Trinajstić information content (AvgIpc) is 1.87. The molecule has 0 unspecified atom stereocenters.